The molecule has 0 unspecified atom stereocenters. The highest BCUT2D eigenvalue weighted by Gasteiger charge is 2.73. The zero-order valence-corrected chi connectivity index (χ0v) is 27.2. The Labute approximate surface area is 249 Å². The minimum absolute atomic E-state index is 0.0178. The number of rotatable bonds is 3. The van der Waals surface area contributed by atoms with Gasteiger partial charge in [-0.15, -0.1) is 0 Å². The fourth-order valence-electron chi connectivity index (χ4n) is 12.8. The summed E-state index contributed by atoms with van der Waals surface area (Å²) >= 11 is 0. The number of hydrogen-bond donors (Lipinski definition) is 1. The molecule has 0 heterocycles. The number of ether oxygens (including phenoxy) is 1. The van der Waals surface area contributed by atoms with Gasteiger partial charge in [-0.05, 0) is 139 Å². The van der Waals surface area contributed by atoms with Crippen molar-refractivity contribution in [3.8, 4) is 0 Å². The summed E-state index contributed by atoms with van der Waals surface area (Å²) in [7, 11) is 1.45. The molecule has 4 fully saturated rings. The molecule has 0 amide bonds. The molecular weight excluding hydrogens is 502 g/mol. The number of benzene rings is 1. The molecule has 5 aliphatic rings. The van der Waals surface area contributed by atoms with Crippen molar-refractivity contribution in [3.63, 3.8) is 0 Å². The zero-order chi connectivity index (χ0) is 29.8. The second kappa shape index (κ2) is 9.07. The number of nitrogens with two attached hydrogens (primary N) is 1. The lowest BCUT2D eigenvalue weighted by Gasteiger charge is -2.75. The molecule has 3 heteroatoms. The molecule has 1 aromatic carbocycles. The minimum Gasteiger partial charge on any atom is -0.465 e. The maximum atomic E-state index is 12.1. The molecule has 0 saturated heterocycles. The SMILES string of the molecule is C=C(C)[C@@H]1CC[C@]2(N)CC[C@@]3(C)[C@]4(C)CC[C@H]5C(C)(C)C(c6ccc(C(=O)OC)cc6)=CC[C@]5(C)[C@H]4CC[C@]3(C)[C@@H]12. The van der Waals surface area contributed by atoms with E-state index in [9.17, 15) is 4.79 Å². The topological polar surface area (TPSA) is 52.3 Å². The van der Waals surface area contributed by atoms with Gasteiger partial charge in [-0.1, -0.05) is 71.9 Å². The predicted octanol–water partition coefficient (Wildman–Crippen LogP) is 9.23. The number of fused-ring (bicyclic) bond motifs is 7. The third-order valence-electron chi connectivity index (χ3n) is 15.1. The Kier molecular flexibility index (Phi) is 6.46. The molecule has 3 nitrogen and oxygen atoms in total. The van der Waals surface area contributed by atoms with Crippen molar-refractivity contribution in [1.82, 2.24) is 0 Å². The van der Waals surface area contributed by atoms with Crippen LogP contribution in [0.4, 0.5) is 0 Å². The Morgan fingerprint density at radius 2 is 1.51 bits per heavy atom. The van der Waals surface area contributed by atoms with E-state index in [4.69, 9.17) is 10.5 Å². The smallest absolute Gasteiger partial charge is 0.337 e. The first-order chi connectivity index (χ1) is 19.1. The van der Waals surface area contributed by atoms with Crippen LogP contribution >= 0.6 is 0 Å². The van der Waals surface area contributed by atoms with Crippen molar-refractivity contribution >= 4 is 11.5 Å². The second-order valence-electron chi connectivity index (χ2n) is 16.7. The number of hydrogen-bond acceptors (Lipinski definition) is 3. The summed E-state index contributed by atoms with van der Waals surface area (Å²) in [6.45, 7) is 22.5. The van der Waals surface area contributed by atoms with Gasteiger partial charge in [-0.3, -0.25) is 0 Å². The van der Waals surface area contributed by atoms with Crippen LogP contribution in [0.1, 0.15) is 122 Å². The molecule has 224 valence electrons. The largest absolute Gasteiger partial charge is 0.465 e. The van der Waals surface area contributed by atoms with E-state index in [-0.39, 0.29) is 33.2 Å². The summed E-state index contributed by atoms with van der Waals surface area (Å²) in [5.41, 5.74) is 13.2. The van der Waals surface area contributed by atoms with Gasteiger partial charge in [-0.25, -0.2) is 4.79 Å². The van der Waals surface area contributed by atoms with E-state index in [2.05, 4.69) is 73.3 Å². The lowest BCUT2D eigenvalue weighted by molar-refractivity contribution is -0.253. The Hall–Kier alpha value is -1.87. The van der Waals surface area contributed by atoms with Gasteiger partial charge < -0.3 is 10.5 Å². The fraction of sp³-hybridized carbons (Fsp3) is 0.711. The van der Waals surface area contributed by atoms with Gasteiger partial charge in [0, 0.05) is 5.54 Å². The zero-order valence-electron chi connectivity index (χ0n) is 27.2. The number of carbonyl (C=O) groups excluding carboxylic acids is 1. The van der Waals surface area contributed by atoms with Crippen LogP contribution in [0.15, 0.2) is 42.5 Å². The molecule has 5 aliphatic carbocycles. The summed E-state index contributed by atoms with van der Waals surface area (Å²) in [5.74, 6) is 2.19. The molecule has 4 saturated carbocycles. The standard InChI is InChI=1S/C38H55NO2/c1-24(2)27-14-21-38(39)23-22-37(8)35(6)19-16-29-33(3,4)28(25-10-12-26(13-11-25)32(40)41-9)15-18-34(29,5)30(35)17-20-36(37,7)31(27)38/h10-13,15,27,29-31H,1,14,16-23,39H2,2-9H3/t27-,29-,30+,31+,34-,35+,36+,37-,38-/m0/s1. The summed E-state index contributed by atoms with van der Waals surface area (Å²) in [6.07, 6.45) is 13.8. The third kappa shape index (κ3) is 3.63. The first-order valence-electron chi connectivity index (χ1n) is 16.4. The number of methoxy groups -OCH3 is 1. The van der Waals surface area contributed by atoms with Crippen LogP contribution in [0, 0.1) is 50.7 Å². The Bertz CT molecular complexity index is 1290. The maximum absolute atomic E-state index is 12.1. The van der Waals surface area contributed by atoms with Crippen molar-refractivity contribution in [1.29, 1.82) is 0 Å². The first kappa shape index (κ1) is 29.2. The lowest BCUT2D eigenvalue weighted by atomic mass is 9.29. The van der Waals surface area contributed by atoms with Crippen molar-refractivity contribution in [2.24, 2.45) is 56.5 Å². The molecule has 41 heavy (non-hydrogen) atoms. The Morgan fingerprint density at radius 1 is 0.878 bits per heavy atom. The molecule has 0 aliphatic heterocycles. The molecule has 0 bridgehead atoms. The second-order valence-corrected chi connectivity index (χ2v) is 16.7. The molecule has 0 aromatic heterocycles. The minimum atomic E-state index is -0.271. The van der Waals surface area contributed by atoms with Crippen molar-refractivity contribution < 1.29 is 9.53 Å². The van der Waals surface area contributed by atoms with E-state index in [0.717, 1.165) is 6.42 Å². The van der Waals surface area contributed by atoms with Crippen LogP contribution in [0.5, 0.6) is 0 Å². The summed E-state index contributed by atoms with van der Waals surface area (Å²) in [6, 6.07) is 8.11. The van der Waals surface area contributed by atoms with E-state index in [1.54, 1.807) is 0 Å². The van der Waals surface area contributed by atoms with Gasteiger partial charge >= 0.3 is 5.97 Å². The van der Waals surface area contributed by atoms with Crippen LogP contribution in [0.3, 0.4) is 0 Å². The molecule has 6 rings (SSSR count). The predicted molar refractivity (Wildman–Crippen MR) is 169 cm³/mol. The Morgan fingerprint density at radius 3 is 2.15 bits per heavy atom. The van der Waals surface area contributed by atoms with E-state index < -0.39 is 0 Å². The van der Waals surface area contributed by atoms with Crippen LogP contribution in [-0.2, 0) is 4.74 Å². The van der Waals surface area contributed by atoms with Gasteiger partial charge in [0.2, 0.25) is 0 Å². The molecule has 0 spiro atoms. The number of esters is 1. The monoisotopic (exact) mass is 557 g/mol. The average Bonchev–Trinajstić information content (AvgIpc) is 3.28. The summed E-state index contributed by atoms with van der Waals surface area (Å²) in [4.78, 5) is 12.1. The molecule has 9 atom stereocenters. The number of allylic oxidation sites excluding steroid dienone is 3. The number of carbonyl (C=O) groups is 1. The van der Waals surface area contributed by atoms with Crippen LogP contribution in [0.25, 0.3) is 5.57 Å². The van der Waals surface area contributed by atoms with Gasteiger partial charge in [-0.2, -0.15) is 0 Å². The van der Waals surface area contributed by atoms with Crippen LogP contribution < -0.4 is 5.73 Å². The van der Waals surface area contributed by atoms with E-state index in [1.165, 1.54) is 75.2 Å². The normalized spacial score (nSPS) is 46.3. The Balaban J connectivity index is 1.37. The van der Waals surface area contributed by atoms with Gasteiger partial charge in [0.25, 0.3) is 0 Å². The highest BCUT2D eigenvalue weighted by Crippen LogP contribution is 2.79. The van der Waals surface area contributed by atoms with Crippen LogP contribution in [-0.4, -0.2) is 18.6 Å². The summed E-state index contributed by atoms with van der Waals surface area (Å²) in [5, 5.41) is 0. The molecular formula is C38H55NO2. The van der Waals surface area contributed by atoms with E-state index in [1.807, 2.05) is 12.1 Å². The van der Waals surface area contributed by atoms with E-state index >= 15 is 0 Å². The average molecular weight is 558 g/mol. The molecule has 0 radical (unpaired) electrons. The molecule has 2 N–H and O–H groups in total. The van der Waals surface area contributed by atoms with Crippen molar-refractivity contribution in [3.05, 3.63) is 53.6 Å². The summed E-state index contributed by atoms with van der Waals surface area (Å²) < 4.78 is 4.94. The van der Waals surface area contributed by atoms with Gasteiger partial charge in [0.15, 0.2) is 0 Å². The molecule has 1 aromatic rings. The fourth-order valence-corrected chi connectivity index (χ4v) is 12.8. The van der Waals surface area contributed by atoms with Gasteiger partial charge in [0.05, 0.1) is 12.7 Å². The van der Waals surface area contributed by atoms with Crippen LogP contribution in [0.2, 0.25) is 0 Å². The third-order valence-corrected chi connectivity index (χ3v) is 15.1. The maximum Gasteiger partial charge on any atom is 0.337 e. The van der Waals surface area contributed by atoms with Crippen molar-refractivity contribution in [2.45, 2.75) is 112 Å². The first-order valence-corrected chi connectivity index (χ1v) is 16.4. The lowest BCUT2D eigenvalue weighted by Crippen LogP contribution is -2.71. The highest BCUT2D eigenvalue weighted by molar-refractivity contribution is 5.89. The van der Waals surface area contributed by atoms with Gasteiger partial charge in [0.1, 0.15) is 0 Å². The van der Waals surface area contributed by atoms with Crippen molar-refractivity contribution in [2.75, 3.05) is 7.11 Å². The quantitative estimate of drug-likeness (QED) is 0.298. The highest BCUT2D eigenvalue weighted by atomic mass is 16.5. The van der Waals surface area contributed by atoms with E-state index in [0.29, 0.717) is 34.7 Å².